The predicted molar refractivity (Wildman–Crippen MR) is 112 cm³/mol. The van der Waals surface area contributed by atoms with E-state index in [1.54, 1.807) is 39.0 Å². The topological polar surface area (TPSA) is 82.8 Å². The van der Waals surface area contributed by atoms with Crippen molar-refractivity contribution in [2.45, 2.75) is 12.7 Å². The summed E-state index contributed by atoms with van der Waals surface area (Å²) in [4.78, 5) is 29.2. The zero-order chi connectivity index (χ0) is 23.4. The molecule has 1 aromatic heterocycles. The van der Waals surface area contributed by atoms with Gasteiger partial charge in [-0.15, -0.1) is 10.2 Å². The second kappa shape index (κ2) is 9.31. The van der Waals surface area contributed by atoms with E-state index in [4.69, 9.17) is 4.42 Å². The van der Waals surface area contributed by atoms with Crippen LogP contribution in [0.4, 0.5) is 23.7 Å². The van der Waals surface area contributed by atoms with Crippen LogP contribution in [-0.2, 0) is 17.5 Å². The van der Waals surface area contributed by atoms with E-state index in [2.05, 4.69) is 10.2 Å². The zero-order valence-electron chi connectivity index (χ0n) is 17.4. The van der Waals surface area contributed by atoms with Crippen LogP contribution < -0.4 is 4.90 Å². The number of carbonyl (C=O) groups is 2. The molecule has 2 aromatic carbocycles. The van der Waals surface area contributed by atoms with Gasteiger partial charge in [0.05, 0.1) is 6.54 Å². The zero-order valence-corrected chi connectivity index (χ0v) is 17.4. The van der Waals surface area contributed by atoms with Crippen LogP contribution >= 0.6 is 0 Å². The largest absolute Gasteiger partial charge is 0.470 e. The molecule has 0 atom stereocenters. The number of hydrogen-bond acceptors (Lipinski definition) is 5. The summed E-state index contributed by atoms with van der Waals surface area (Å²) in [5.74, 6) is -1.64. The van der Waals surface area contributed by atoms with Crippen LogP contribution in [0.5, 0.6) is 0 Å². The number of piperazine rings is 1. The average molecular weight is 459 g/mol. The van der Waals surface area contributed by atoms with Gasteiger partial charge >= 0.3 is 18.1 Å². The Balaban J connectivity index is 1.52. The lowest BCUT2D eigenvalue weighted by Crippen LogP contribution is -2.52. The molecule has 3 amide bonds. The fraction of sp³-hybridized carbons (Fsp3) is 0.273. The summed E-state index contributed by atoms with van der Waals surface area (Å²) in [7, 11) is 0. The smallest absolute Gasteiger partial charge is 0.413 e. The van der Waals surface area contributed by atoms with Gasteiger partial charge in [0.25, 0.3) is 0 Å². The van der Waals surface area contributed by atoms with Gasteiger partial charge in [0.15, 0.2) is 0 Å². The van der Waals surface area contributed by atoms with Crippen LogP contribution in [0, 0.1) is 0 Å². The highest BCUT2D eigenvalue weighted by Gasteiger charge is 2.38. The highest BCUT2D eigenvalue weighted by atomic mass is 19.4. The van der Waals surface area contributed by atoms with Gasteiger partial charge in [-0.3, -0.25) is 9.69 Å². The van der Waals surface area contributed by atoms with E-state index in [9.17, 15) is 22.8 Å². The molecule has 0 radical (unpaired) electrons. The number of rotatable bonds is 5. The van der Waals surface area contributed by atoms with Crippen molar-refractivity contribution in [3.05, 3.63) is 66.1 Å². The summed E-state index contributed by atoms with van der Waals surface area (Å²) < 4.78 is 42.8. The molecule has 8 nitrogen and oxygen atoms in total. The third-order valence-corrected chi connectivity index (χ3v) is 5.24. The molecule has 172 valence electrons. The van der Waals surface area contributed by atoms with Crippen molar-refractivity contribution in [1.29, 1.82) is 0 Å². The number of aromatic nitrogens is 2. The summed E-state index contributed by atoms with van der Waals surface area (Å²) >= 11 is 0. The molecule has 33 heavy (non-hydrogen) atoms. The van der Waals surface area contributed by atoms with Crippen molar-refractivity contribution in [1.82, 2.24) is 20.0 Å². The van der Waals surface area contributed by atoms with E-state index < -0.39 is 12.1 Å². The van der Waals surface area contributed by atoms with Crippen molar-refractivity contribution in [2.75, 3.05) is 31.1 Å². The Morgan fingerprint density at radius 2 is 1.67 bits per heavy atom. The molecule has 1 aliphatic heterocycles. The van der Waals surface area contributed by atoms with E-state index in [1.165, 1.54) is 0 Å². The predicted octanol–water partition coefficient (Wildman–Crippen LogP) is 3.66. The summed E-state index contributed by atoms with van der Waals surface area (Å²) in [6.45, 7) is 2.04. The molecule has 0 saturated carbocycles. The molecule has 0 unspecified atom stereocenters. The molecule has 11 heteroatoms. The SMILES string of the molecule is O=CN1CCN(C(=O)N(Cc2ccc(-c3nnc(C(F)(F)F)o3)cc2)c2ccccc2)CC1. The van der Waals surface area contributed by atoms with Gasteiger partial charge in [-0.05, 0) is 29.8 Å². The van der Waals surface area contributed by atoms with Crippen LogP contribution in [0.15, 0.2) is 59.0 Å². The number of hydrogen-bond donors (Lipinski definition) is 0. The Morgan fingerprint density at radius 3 is 2.24 bits per heavy atom. The van der Waals surface area contributed by atoms with Crippen LogP contribution in [0.3, 0.4) is 0 Å². The van der Waals surface area contributed by atoms with Gasteiger partial charge in [0, 0.05) is 37.4 Å². The molecule has 2 heterocycles. The van der Waals surface area contributed by atoms with Gasteiger partial charge in [-0.25, -0.2) is 4.79 Å². The molecule has 1 fully saturated rings. The molecule has 0 bridgehead atoms. The molecule has 1 saturated heterocycles. The van der Waals surface area contributed by atoms with Crippen LogP contribution in [0.25, 0.3) is 11.5 Å². The lowest BCUT2D eigenvalue weighted by Gasteiger charge is -2.36. The third kappa shape index (κ3) is 5.13. The van der Waals surface area contributed by atoms with Crippen molar-refractivity contribution in [3.63, 3.8) is 0 Å². The second-order valence-electron chi connectivity index (χ2n) is 7.44. The summed E-state index contributed by atoms with van der Waals surface area (Å²) in [5.41, 5.74) is 1.80. The number of halogens is 3. The Hall–Kier alpha value is -3.89. The van der Waals surface area contributed by atoms with E-state index in [0.29, 0.717) is 37.4 Å². The van der Waals surface area contributed by atoms with Gasteiger partial charge in [-0.1, -0.05) is 30.3 Å². The molecule has 4 rings (SSSR count). The number of amides is 3. The number of para-hydroxylation sites is 1. The standard InChI is InChI=1S/C22H20F3N5O3/c23-22(24,25)20-27-26-19(33-20)17-8-6-16(7-9-17)14-30(18-4-2-1-3-5-18)21(32)29-12-10-28(15-31)11-13-29/h1-9,15H,10-14H2. The second-order valence-corrected chi connectivity index (χ2v) is 7.44. The fourth-order valence-corrected chi connectivity index (χ4v) is 3.46. The van der Waals surface area contributed by atoms with Crippen LogP contribution in [0.2, 0.25) is 0 Å². The van der Waals surface area contributed by atoms with E-state index in [0.717, 1.165) is 12.0 Å². The molecule has 0 N–H and O–H groups in total. The lowest BCUT2D eigenvalue weighted by atomic mass is 10.1. The van der Waals surface area contributed by atoms with Crippen molar-refractivity contribution >= 4 is 18.1 Å². The van der Waals surface area contributed by atoms with Crippen molar-refractivity contribution < 1.29 is 27.2 Å². The van der Waals surface area contributed by atoms with Gasteiger partial charge in [0.1, 0.15) is 0 Å². The normalized spacial score (nSPS) is 14.3. The Kier molecular flexibility index (Phi) is 6.29. The van der Waals surface area contributed by atoms with E-state index >= 15 is 0 Å². The minimum atomic E-state index is -4.71. The maximum atomic E-state index is 13.3. The Bertz CT molecular complexity index is 1090. The minimum Gasteiger partial charge on any atom is -0.413 e. The number of urea groups is 1. The summed E-state index contributed by atoms with van der Waals surface area (Å²) in [6, 6.07) is 15.5. The molecule has 0 spiro atoms. The van der Waals surface area contributed by atoms with Crippen LogP contribution in [-0.4, -0.2) is 58.6 Å². The van der Waals surface area contributed by atoms with E-state index in [-0.39, 0.29) is 18.5 Å². The summed E-state index contributed by atoms with van der Waals surface area (Å²) in [5, 5.41) is 6.49. The number of benzene rings is 2. The number of anilines is 1. The van der Waals surface area contributed by atoms with Gasteiger partial charge < -0.3 is 14.2 Å². The number of carbonyl (C=O) groups excluding carboxylic acids is 2. The van der Waals surface area contributed by atoms with E-state index in [1.807, 2.05) is 30.3 Å². The average Bonchev–Trinajstić information content (AvgIpc) is 3.34. The number of alkyl halides is 3. The third-order valence-electron chi connectivity index (χ3n) is 5.24. The minimum absolute atomic E-state index is 0.192. The Morgan fingerprint density at radius 1 is 1.00 bits per heavy atom. The quantitative estimate of drug-likeness (QED) is 0.544. The summed E-state index contributed by atoms with van der Waals surface area (Å²) in [6.07, 6.45) is -3.93. The van der Waals surface area contributed by atoms with Crippen molar-refractivity contribution in [2.24, 2.45) is 0 Å². The number of nitrogens with zero attached hydrogens (tertiary/aromatic N) is 5. The maximum Gasteiger partial charge on any atom is 0.470 e. The first kappa shape index (κ1) is 22.3. The first-order valence-corrected chi connectivity index (χ1v) is 10.2. The van der Waals surface area contributed by atoms with Crippen LogP contribution in [0.1, 0.15) is 11.5 Å². The first-order valence-electron chi connectivity index (χ1n) is 10.2. The van der Waals surface area contributed by atoms with Gasteiger partial charge in [-0.2, -0.15) is 13.2 Å². The highest BCUT2D eigenvalue weighted by molar-refractivity contribution is 5.92. The molecular formula is C22H20F3N5O3. The van der Waals surface area contributed by atoms with Gasteiger partial charge in [0.2, 0.25) is 12.3 Å². The molecular weight excluding hydrogens is 439 g/mol. The lowest BCUT2D eigenvalue weighted by molar-refractivity contribution is -0.156. The Labute approximate surface area is 187 Å². The first-order chi connectivity index (χ1) is 15.8. The monoisotopic (exact) mass is 459 g/mol. The molecule has 0 aliphatic carbocycles. The highest BCUT2D eigenvalue weighted by Crippen LogP contribution is 2.30. The van der Waals surface area contributed by atoms with Crippen molar-refractivity contribution in [3.8, 4) is 11.5 Å². The fourth-order valence-electron chi connectivity index (χ4n) is 3.46. The maximum absolute atomic E-state index is 13.3. The molecule has 1 aliphatic rings. The molecule has 3 aromatic rings.